The summed E-state index contributed by atoms with van der Waals surface area (Å²) >= 11 is 0. The quantitative estimate of drug-likeness (QED) is 0.642. The third-order valence-electron chi connectivity index (χ3n) is 1.96. The Kier molecular flexibility index (Phi) is 7.12. The minimum absolute atomic E-state index is 0.238. The van der Waals surface area contributed by atoms with E-state index in [4.69, 9.17) is 5.39 Å². The number of aromatic hydroxyl groups is 1. The van der Waals surface area contributed by atoms with Crippen LogP contribution in [-0.2, 0) is 0 Å². The summed E-state index contributed by atoms with van der Waals surface area (Å²) in [7, 11) is 0. The van der Waals surface area contributed by atoms with Gasteiger partial charge in [-0.15, -0.1) is 0 Å². The third-order valence-corrected chi connectivity index (χ3v) is 1.96. The summed E-state index contributed by atoms with van der Waals surface area (Å²) in [5, 5.41) is 19.6. The fourth-order valence-electron chi connectivity index (χ4n) is 1.32. The summed E-state index contributed by atoms with van der Waals surface area (Å²) < 4.78 is 0. The first-order valence-electron chi connectivity index (χ1n) is 5.88. The molecule has 0 aliphatic rings. The fraction of sp³-hybridized carbons (Fsp3) is 0.286. The van der Waals surface area contributed by atoms with E-state index in [1.807, 2.05) is 33.8 Å². The van der Waals surface area contributed by atoms with Crippen LogP contribution in [0.2, 0.25) is 0 Å². The Labute approximate surface area is 102 Å². The number of hydrogen-bond donors (Lipinski definition) is 1. The number of rotatable bonds is 0. The van der Waals surface area contributed by atoms with Gasteiger partial charge < -0.3 is 5.11 Å². The summed E-state index contributed by atoms with van der Waals surface area (Å²) in [6, 6.07) is 10.3. The van der Waals surface area contributed by atoms with Gasteiger partial charge in [0.1, 0.15) is 5.75 Å². The molecule has 0 fully saturated rings. The summed E-state index contributed by atoms with van der Waals surface area (Å²) in [6.45, 7) is 8.00. The molecular formula is C14H19N2O+. The zero-order chi connectivity index (χ0) is 13.3. The SMILES string of the molecule is CC.CC.N#[N+]c1ccc2c(O)cccc2c1. The first-order chi connectivity index (χ1) is 8.31. The molecule has 0 aliphatic heterocycles. The van der Waals surface area contributed by atoms with Gasteiger partial charge in [-0.05, 0) is 17.5 Å². The van der Waals surface area contributed by atoms with E-state index in [1.54, 1.807) is 30.3 Å². The van der Waals surface area contributed by atoms with Gasteiger partial charge in [0.05, 0.1) is 0 Å². The van der Waals surface area contributed by atoms with Crippen LogP contribution >= 0.6 is 0 Å². The van der Waals surface area contributed by atoms with E-state index in [2.05, 4.69) is 4.98 Å². The highest BCUT2D eigenvalue weighted by Crippen LogP contribution is 2.27. The molecule has 0 aromatic heterocycles. The van der Waals surface area contributed by atoms with Crippen molar-refractivity contribution in [2.75, 3.05) is 0 Å². The van der Waals surface area contributed by atoms with E-state index in [1.165, 1.54) is 0 Å². The first kappa shape index (κ1) is 14.9. The topological polar surface area (TPSA) is 48.4 Å². The van der Waals surface area contributed by atoms with Crippen molar-refractivity contribution in [2.24, 2.45) is 0 Å². The van der Waals surface area contributed by atoms with Gasteiger partial charge in [-0.2, -0.15) is 0 Å². The van der Waals surface area contributed by atoms with E-state index in [0.29, 0.717) is 5.69 Å². The Hall–Kier alpha value is -2.08. The number of fused-ring (bicyclic) bond motifs is 1. The maximum atomic E-state index is 9.44. The number of benzene rings is 2. The van der Waals surface area contributed by atoms with E-state index < -0.39 is 0 Å². The normalized spacial score (nSPS) is 8.18. The van der Waals surface area contributed by atoms with Crippen molar-refractivity contribution in [2.45, 2.75) is 27.7 Å². The average molecular weight is 231 g/mol. The number of nitrogens with zero attached hydrogens (tertiary/aromatic N) is 2. The molecule has 0 aliphatic carbocycles. The minimum atomic E-state index is 0.238. The van der Waals surface area contributed by atoms with Crippen molar-refractivity contribution in [1.29, 1.82) is 5.39 Å². The van der Waals surface area contributed by atoms with Crippen molar-refractivity contribution in [3.63, 3.8) is 0 Å². The predicted molar refractivity (Wildman–Crippen MR) is 73.1 cm³/mol. The molecule has 2 aromatic carbocycles. The molecule has 3 heteroatoms. The van der Waals surface area contributed by atoms with Crippen LogP contribution in [0.1, 0.15) is 27.7 Å². The second kappa shape index (κ2) is 8.12. The summed E-state index contributed by atoms with van der Waals surface area (Å²) in [4.78, 5) is 3.07. The lowest BCUT2D eigenvalue weighted by Gasteiger charge is -1.96. The van der Waals surface area contributed by atoms with Crippen LogP contribution in [0.3, 0.4) is 0 Å². The molecule has 0 atom stereocenters. The minimum Gasteiger partial charge on any atom is -0.507 e. The molecule has 2 rings (SSSR count). The molecule has 1 N–H and O–H groups in total. The van der Waals surface area contributed by atoms with Crippen LogP contribution in [0.25, 0.3) is 15.7 Å². The molecule has 0 spiro atoms. The maximum absolute atomic E-state index is 9.44. The van der Waals surface area contributed by atoms with E-state index in [-0.39, 0.29) is 5.75 Å². The van der Waals surface area contributed by atoms with Crippen molar-refractivity contribution >= 4 is 16.5 Å². The molecule has 0 heterocycles. The van der Waals surface area contributed by atoms with Crippen molar-refractivity contribution in [1.82, 2.24) is 0 Å². The highest BCUT2D eigenvalue weighted by molar-refractivity contribution is 5.90. The van der Waals surface area contributed by atoms with Gasteiger partial charge in [0.15, 0.2) is 4.98 Å². The van der Waals surface area contributed by atoms with Crippen LogP contribution in [0, 0.1) is 5.39 Å². The van der Waals surface area contributed by atoms with Gasteiger partial charge in [0, 0.05) is 17.5 Å². The number of diazo groups is 1. The third kappa shape index (κ3) is 3.76. The molecule has 0 amide bonds. The van der Waals surface area contributed by atoms with Crippen molar-refractivity contribution in [3.05, 3.63) is 41.4 Å². The van der Waals surface area contributed by atoms with Crippen molar-refractivity contribution < 1.29 is 5.11 Å². The van der Waals surface area contributed by atoms with E-state index in [0.717, 1.165) is 10.8 Å². The fourth-order valence-corrected chi connectivity index (χ4v) is 1.32. The molecule has 17 heavy (non-hydrogen) atoms. The Bertz CT molecular complexity index is 501. The van der Waals surface area contributed by atoms with Gasteiger partial charge in [-0.25, -0.2) is 0 Å². The number of phenolic OH excluding ortho intramolecular Hbond substituents is 1. The molecule has 3 nitrogen and oxygen atoms in total. The highest BCUT2D eigenvalue weighted by atomic mass is 16.3. The van der Waals surface area contributed by atoms with E-state index >= 15 is 0 Å². The molecule has 0 bridgehead atoms. The number of hydrogen-bond acceptors (Lipinski definition) is 2. The second-order valence-electron chi connectivity index (χ2n) is 2.78. The number of phenols is 1. The van der Waals surface area contributed by atoms with Crippen LogP contribution in [0.15, 0.2) is 36.4 Å². The first-order valence-corrected chi connectivity index (χ1v) is 5.88. The van der Waals surface area contributed by atoms with Gasteiger partial charge in [0.2, 0.25) is 5.39 Å². The summed E-state index contributed by atoms with van der Waals surface area (Å²) in [6.07, 6.45) is 0. The molecule has 2 aromatic rings. The maximum Gasteiger partial charge on any atom is 0.385 e. The summed E-state index contributed by atoms with van der Waals surface area (Å²) in [5.41, 5.74) is 0.484. The van der Waals surface area contributed by atoms with Crippen LogP contribution < -0.4 is 0 Å². The molecule has 0 saturated carbocycles. The molecular weight excluding hydrogens is 212 g/mol. The van der Waals surface area contributed by atoms with Crippen molar-refractivity contribution in [3.8, 4) is 5.75 Å². The van der Waals surface area contributed by atoms with Gasteiger partial charge >= 0.3 is 5.69 Å². The molecule has 0 saturated heterocycles. The monoisotopic (exact) mass is 231 g/mol. The standard InChI is InChI=1S/C10H6N2O.2C2H6/c11-12-8-4-5-9-7(6-8)2-1-3-10(9)13;2*1-2/h1-6H;2*1-2H3/p+1. The Balaban J connectivity index is 0.000000581. The lowest BCUT2D eigenvalue weighted by atomic mass is 10.1. The highest BCUT2D eigenvalue weighted by Gasteiger charge is 2.06. The molecule has 90 valence electrons. The smallest absolute Gasteiger partial charge is 0.385 e. The zero-order valence-electron chi connectivity index (χ0n) is 10.8. The van der Waals surface area contributed by atoms with Crippen LogP contribution in [-0.4, -0.2) is 5.11 Å². The van der Waals surface area contributed by atoms with Crippen LogP contribution in [0.5, 0.6) is 5.75 Å². The average Bonchev–Trinajstić information content (AvgIpc) is 2.43. The Morgan fingerprint density at radius 3 is 2.24 bits per heavy atom. The van der Waals surface area contributed by atoms with Gasteiger partial charge in [-0.3, -0.25) is 0 Å². The lowest BCUT2D eigenvalue weighted by molar-refractivity contribution is 0.481. The van der Waals surface area contributed by atoms with Gasteiger partial charge in [-0.1, -0.05) is 39.8 Å². The Morgan fingerprint density at radius 1 is 1.00 bits per heavy atom. The second-order valence-corrected chi connectivity index (χ2v) is 2.78. The zero-order valence-corrected chi connectivity index (χ0v) is 10.8. The predicted octanol–water partition coefficient (Wildman–Crippen LogP) is 5.08. The van der Waals surface area contributed by atoms with Gasteiger partial charge in [0.25, 0.3) is 0 Å². The summed E-state index contributed by atoms with van der Waals surface area (Å²) in [5.74, 6) is 0.238. The van der Waals surface area contributed by atoms with E-state index in [9.17, 15) is 5.11 Å². The molecule has 0 radical (unpaired) electrons. The van der Waals surface area contributed by atoms with Crippen LogP contribution in [0.4, 0.5) is 5.69 Å². The molecule has 0 unspecified atom stereocenters. The largest absolute Gasteiger partial charge is 0.507 e. The Morgan fingerprint density at radius 2 is 1.65 bits per heavy atom. The lowest BCUT2D eigenvalue weighted by Crippen LogP contribution is -1.72.